The zero-order valence-electron chi connectivity index (χ0n) is 19.0. The quantitative estimate of drug-likeness (QED) is 0.656. The molecule has 0 bridgehead atoms. The van der Waals surface area contributed by atoms with E-state index in [4.69, 9.17) is 14.4 Å². The molecule has 0 saturated carbocycles. The van der Waals surface area contributed by atoms with Crippen LogP contribution in [0.25, 0.3) is 0 Å². The van der Waals surface area contributed by atoms with Gasteiger partial charge in [0, 0.05) is 30.1 Å². The van der Waals surface area contributed by atoms with Crippen molar-refractivity contribution in [2.24, 2.45) is 5.41 Å². The Labute approximate surface area is 193 Å². The molecule has 1 unspecified atom stereocenters. The number of aliphatic carboxylic acids is 1. The average molecular weight is 489 g/mol. The second-order valence-corrected chi connectivity index (χ2v) is 9.89. The Morgan fingerprint density at radius 3 is 2.33 bits per heavy atom. The first kappa shape index (κ1) is 25.2. The molecule has 2 aromatic rings. The van der Waals surface area contributed by atoms with Crippen molar-refractivity contribution in [2.45, 2.75) is 59.8 Å². The molecule has 2 saturated heterocycles. The van der Waals surface area contributed by atoms with Crippen LogP contribution in [0.15, 0.2) is 4.52 Å². The van der Waals surface area contributed by atoms with Crippen LogP contribution in [-0.4, -0.2) is 62.7 Å². The summed E-state index contributed by atoms with van der Waals surface area (Å²) in [5.41, 5.74) is 2.88. The Kier molecular flexibility index (Phi) is 7.18. The number of hydrogen-bond donors (Lipinski definition) is 1. The highest BCUT2D eigenvalue weighted by atomic mass is 32.1. The van der Waals surface area contributed by atoms with E-state index in [2.05, 4.69) is 28.9 Å². The highest BCUT2D eigenvalue weighted by Gasteiger charge is 2.53. The lowest BCUT2D eigenvalue weighted by atomic mass is 9.72. The van der Waals surface area contributed by atoms with Gasteiger partial charge in [-0.15, -0.1) is 11.3 Å². The van der Waals surface area contributed by atoms with Crippen LogP contribution < -0.4 is 0 Å². The van der Waals surface area contributed by atoms with Gasteiger partial charge in [0.15, 0.2) is 0 Å². The highest BCUT2D eigenvalue weighted by molar-refractivity contribution is 7.11. The summed E-state index contributed by atoms with van der Waals surface area (Å²) in [6.45, 7) is 12.3. The van der Waals surface area contributed by atoms with Crippen LogP contribution >= 0.6 is 11.3 Å². The molecule has 0 aromatic carbocycles. The van der Waals surface area contributed by atoms with Gasteiger partial charge in [-0.25, -0.2) is 9.78 Å². The van der Waals surface area contributed by atoms with Crippen molar-refractivity contribution >= 4 is 23.2 Å². The van der Waals surface area contributed by atoms with Crippen LogP contribution in [0, 0.1) is 33.1 Å². The zero-order valence-corrected chi connectivity index (χ0v) is 19.8. The molecule has 4 rings (SSSR count). The van der Waals surface area contributed by atoms with Crippen molar-refractivity contribution in [3.05, 3.63) is 32.6 Å². The van der Waals surface area contributed by atoms with Crippen LogP contribution in [0.1, 0.15) is 45.4 Å². The number of carboxylic acids is 1. The topological polar surface area (TPSA) is 99.8 Å². The third-order valence-corrected chi connectivity index (χ3v) is 7.09. The van der Waals surface area contributed by atoms with Gasteiger partial charge in [-0.2, -0.15) is 13.2 Å². The van der Waals surface area contributed by atoms with E-state index in [-0.39, 0.29) is 5.41 Å². The monoisotopic (exact) mass is 488 g/mol. The number of likely N-dealkylation sites (tertiary alicyclic amines) is 2. The number of aryl methyl sites for hydroxylation is 4. The van der Waals surface area contributed by atoms with E-state index in [0.29, 0.717) is 12.5 Å². The Morgan fingerprint density at radius 2 is 1.85 bits per heavy atom. The number of carboxylic acid groups (broad SMARTS) is 1. The minimum atomic E-state index is -5.08. The number of halogens is 3. The van der Waals surface area contributed by atoms with E-state index >= 15 is 0 Å². The van der Waals surface area contributed by atoms with Gasteiger partial charge in [-0.1, -0.05) is 5.16 Å². The second kappa shape index (κ2) is 9.41. The van der Waals surface area contributed by atoms with Crippen LogP contribution in [0.4, 0.5) is 13.2 Å². The van der Waals surface area contributed by atoms with Crippen molar-refractivity contribution in [3.63, 3.8) is 0 Å². The van der Waals surface area contributed by atoms with Gasteiger partial charge < -0.3 is 14.5 Å². The summed E-state index contributed by atoms with van der Waals surface area (Å²) >= 11 is 1.78. The number of hydrogen-bond acceptors (Lipinski definition) is 7. The minimum Gasteiger partial charge on any atom is -0.475 e. The number of amides is 1. The first-order chi connectivity index (χ1) is 15.3. The van der Waals surface area contributed by atoms with Gasteiger partial charge >= 0.3 is 12.1 Å². The Morgan fingerprint density at radius 1 is 1.18 bits per heavy atom. The number of rotatable bonds is 4. The van der Waals surface area contributed by atoms with Crippen molar-refractivity contribution in [1.29, 1.82) is 0 Å². The fraction of sp³-hybridized carbons (Fsp3) is 0.619. The van der Waals surface area contributed by atoms with Crippen LogP contribution in [0.3, 0.4) is 0 Å². The molecule has 8 nitrogen and oxygen atoms in total. The molecule has 2 aliphatic rings. The fourth-order valence-electron chi connectivity index (χ4n) is 4.38. The predicted octanol–water partition coefficient (Wildman–Crippen LogP) is 3.62. The minimum absolute atomic E-state index is 0.190. The van der Waals surface area contributed by atoms with E-state index in [9.17, 15) is 18.0 Å². The average Bonchev–Trinajstić information content (AvgIpc) is 3.21. The summed E-state index contributed by atoms with van der Waals surface area (Å²) in [6, 6.07) is 0. The molecule has 0 radical (unpaired) electrons. The summed E-state index contributed by atoms with van der Waals surface area (Å²) in [4.78, 5) is 32.2. The van der Waals surface area contributed by atoms with E-state index in [0.717, 1.165) is 66.7 Å². The van der Waals surface area contributed by atoms with Gasteiger partial charge in [0.2, 0.25) is 5.91 Å². The Hall–Kier alpha value is -2.47. The molecule has 33 heavy (non-hydrogen) atoms. The van der Waals surface area contributed by atoms with Crippen molar-refractivity contribution in [2.75, 3.05) is 19.6 Å². The third-order valence-electron chi connectivity index (χ3n) is 6.03. The number of nitrogens with zero attached hydrogens (tertiary/aromatic N) is 4. The van der Waals surface area contributed by atoms with E-state index in [1.165, 1.54) is 4.88 Å². The van der Waals surface area contributed by atoms with Gasteiger partial charge in [-0.05, 0) is 47.1 Å². The SMILES string of the molecule is Cc1nc(C)c(CN2CCCC3(C2)CN(Cc2c(C)noc2C)C3=O)s1.O=C(O)C(F)(F)F. The molecule has 2 fully saturated rings. The zero-order chi connectivity index (χ0) is 24.6. The molecule has 1 N–H and O–H groups in total. The summed E-state index contributed by atoms with van der Waals surface area (Å²) < 4.78 is 37.0. The molecule has 1 spiro atoms. The predicted molar refractivity (Wildman–Crippen MR) is 114 cm³/mol. The third kappa shape index (κ3) is 5.55. The number of alkyl halides is 3. The number of piperidine rings is 1. The van der Waals surface area contributed by atoms with Gasteiger partial charge in [0.1, 0.15) is 5.76 Å². The van der Waals surface area contributed by atoms with Gasteiger partial charge in [-0.3, -0.25) is 9.69 Å². The summed E-state index contributed by atoms with van der Waals surface area (Å²) in [5.74, 6) is -1.65. The Balaban J connectivity index is 0.000000383. The molecule has 4 heterocycles. The van der Waals surface area contributed by atoms with E-state index in [1.54, 1.807) is 11.3 Å². The number of β-lactam (4-membered cyclic amide) rings is 1. The number of thiazole rings is 1. The lowest BCUT2D eigenvalue weighted by Crippen LogP contribution is -2.66. The smallest absolute Gasteiger partial charge is 0.475 e. The molecule has 0 aliphatic carbocycles. The van der Waals surface area contributed by atoms with Crippen molar-refractivity contribution in [1.82, 2.24) is 19.9 Å². The van der Waals surface area contributed by atoms with Crippen LogP contribution in [0.5, 0.6) is 0 Å². The molecule has 1 atom stereocenters. The molecule has 2 aliphatic heterocycles. The summed E-state index contributed by atoms with van der Waals surface area (Å²) in [7, 11) is 0. The molecule has 182 valence electrons. The van der Waals surface area contributed by atoms with Crippen molar-refractivity contribution < 1.29 is 32.4 Å². The number of aromatic nitrogens is 2. The maximum Gasteiger partial charge on any atom is 0.490 e. The first-order valence-corrected chi connectivity index (χ1v) is 11.3. The van der Waals surface area contributed by atoms with Gasteiger partial charge in [0.05, 0.1) is 28.4 Å². The lowest BCUT2D eigenvalue weighted by Gasteiger charge is -2.53. The maximum atomic E-state index is 13.0. The first-order valence-electron chi connectivity index (χ1n) is 10.5. The molecule has 2 aromatic heterocycles. The van der Waals surface area contributed by atoms with Crippen LogP contribution in [0.2, 0.25) is 0 Å². The molecular weight excluding hydrogens is 461 g/mol. The Bertz CT molecular complexity index is 1020. The maximum absolute atomic E-state index is 13.0. The summed E-state index contributed by atoms with van der Waals surface area (Å²) in [6.07, 6.45) is -3.00. The van der Waals surface area contributed by atoms with E-state index in [1.807, 2.05) is 18.7 Å². The van der Waals surface area contributed by atoms with Gasteiger partial charge in [0.25, 0.3) is 0 Å². The lowest BCUT2D eigenvalue weighted by molar-refractivity contribution is -0.192. The standard InChI is InChI=1S/C19H26N4O2S.C2HF3O2/c1-12-16(14(3)25-21-12)8-23-11-19(18(23)24)6-5-7-22(10-19)9-17-13(2)20-15(4)26-17;3-2(4,5)1(6)7/h5-11H2,1-4H3;(H,6,7). The number of carbonyl (C=O) groups is 2. The normalized spacial score (nSPS) is 21.1. The second-order valence-electron chi connectivity index (χ2n) is 8.60. The van der Waals surface area contributed by atoms with E-state index < -0.39 is 12.1 Å². The van der Waals surface area contributed by atoms with Crippen molar-refractivity contribution in [3.8, 4) is 0 Å². The number of carbonyl (C=O) groups excluding carboxylic acids is 1. The molecular formula is C21H27F3N4O4S. The van der Waals surface area contributed by atoms with Crippen LogP contribution in [-0.2, 0) is 22.7 Å². The summed E-state index contributed by atoms with van der Waals surface area (Å²) in [5, 5.41) is 12.2. The molecule has 12 heteroatoms. The fourth-order valence-corrected chi connectivity index (χ4v) is 5.36. The molecule has 1 amide bonds. The highest BCUT2D eigenvalue weighted by Crippen LogP contribution is 2.42. The largest absolute Gasteiger partial charge is 0.490 e.